The van der Waals surface area contributed by atoms with E-state index in [4.69, 9.17) is 5.11 Å². The summed E-state index contributed by atoms with van der Waals surface area (Å²) in [5, 5.41) is 11.5. The molecule has 0 atom stereocenters. The number of rotatable bonds is 3. The molecule has 1 heterocycles. The van der Waals surface area contributed by atoms with Crippen LogP contribution in [-0.2, 0) is 0 Å². The number of para-hydroxylation sites is 1. The van der Waals surface area contributed by atoms with Gasteiger partial charge in [-0.1, -0.05) is 12.1 Å². The molecule has 0 radical (unpaired) electrons. The highest BCUT2D eigenvalue weighted by atomic mass is 127. The lowest BCUT2D eigenvalue weighted by molar-refractivity contribution is 0.0696. The molecule has 0 bridgehead atoms. The van der Waals surface area contributed by atoms with Gasteiger partial charge in [-0.25, -0.2) is 4.79 Å². The van der Waals surface area contributed by atoms with Crippen LogP contribution in [0.5, 0.6) is 0 Å². The van der Waals surface area contributed by atoms with Crippen LogP contribution in [0.15, 0.2) is 42.6 Å². The van der Waals surface area contributed by atoms with Crippen LogP contribution >= 0.6 is 22.6 Å². The monoisotopic (exact) mass is 368 g/mol. The molecule has 2 aromatic rings. The molecule has 2 N–H and O–H groups in total. The summed E-state index contributed by atoms with van der Waals surface area (Å²) in [5.74, 6) is -1.45. The molecule has 0 aliphatic rings. The largest absolute Gasteiger partial charge is 0.478 e. The van der Waals surface area contributed by atoms with E-state index in [-0.39, 0.29) is 17.2 Å². The minimum absolute atomic E-state index is 0.0471. The molecule has 1 aromatic heterocycles. The van der Waals surface area contributed by atoms with Crippen molar-refractivity contribution in [1.82, 2.24) is 4.98 Å². The van der Waals surface area contributed by atoms with Gasteiger partial charge in [0.15, 0.2) is 0 Å². The van der Waals surface area contributed by atoms with Gasteiger partial charge in [0.2, 0.25) is 0 Å². The topological polar surface area (TPSA) is 79.3 Å². The Balaban J connectivity index is 2.16. The third-order valence-corrected chi connectivity index (χ3v) is 3.31. The number of benzene rings is 1. The SMILES string of the molecule is O=C(O)c1ccc(C(=O)Nc2ccccc2I)nc1. The molecule has 5 nitrogen and oxygen atoms in total. The molecule has 96 valence electrons. The van der Waals surface area contributed by atoms with Crippen molar-refractivity contribution in [2.24, 2.45) is 0 Å². The summed E-state index contributed by atoms with van der Waals surface area (Å²) in [6.45, 7) is 0. The van der Waals surface area contributed by atoms with Gasteiger partial charge in [-0.05, 0) is 46.9 Å². The van der Waals surface area contributed by atoms with Gasteiger partial charge in [-0.3, -0.25) is 9.78 Å². The summed E-state index contributed by atoms with van der Waals surface area (Å²) >= 11 is 2.11. The van der Waals surface area contributed by atoms with E-state index >= 15 is 0 Å². The number of hydrogen-bond donors (Lipinski definition) is 2. The quantitative estimate of drug-likeness (QED) is 0.817. The maximum absolute atomic E-state index is 11.9. The first-order valence-corrected chi connectivity index (χ1v) is 6.41. The van der Waals surface area contributed by atoms with Crippen LogP contribution in [0.4, 0.5) is 5.69 Å². The van der Waals surface area contributed by atoms with Crippen LogP contribution in [0.1, 0.15) is 20.8 Å². The highest BCUT2D eigenvalue weighted by Crippen LogP contribution is 2.17. The van der Waals surface area contributed by atoms with Crippen molar-refractivity contribution in [2.45, 2.75) is 0 Å². The van der Waals surface area contributed by atoms with Gasteiger partial charge in [-0.15, -0.1) is 0 Å². The Kier molecular flexibility index (Phi) is 4.10. The number of carboxylic acid groups (broad SMARTS) is 1. The maximum atomic E-state index is 11.9. The normalized spacial score (nSPS) is 9.95. The van der Waals surface area contributed by atoms with Crippen LogP contribution in [-0.4, -0.2) is 22.0 Å². The second kappa shape index (κ2) is 5.79. The highest BCUT2D eigenvalue weighted by molar-refractivity contribution is 14.1. The summed E-state index contributed by atoms with van der Waals surface area (Å²) in [7, 11) is 0. The van der Waals surface area contributed by atoms with Crippen LogP contribution in [0.2, 0.25) is 0 Å². The first-order chi connectivity index (χ1) is 9.08. The second-order valence-electron chi connectivity index (χ2n) is 3.67. The number of aromatic nitrogens is 1. The average molecular weight is 368 g/mol. The first kappa shape index (κ1) is 13.5. The number of carboxylic acids is 1. The van der Waals surface area contributed by atoms with Gasteiger partial charge in [-0.2, -0.15) is 0 Å². The Labute approximate surface area is 122 Å². The maximum Gasteiger partial charge on any atom is 0.337 e. The number of hydrogen-bond acceptors (Lipinski definition) is 3. The zero-order valence-corrected chi connectivity index (χ0v) is 11.8. The van der Waals surface area contributed by atoms with Gasteiger partial charge in [0.05, 0.1) is 11.3 Å². The van der Waals surface area contributed by atoms with E-state index in [1.807, 2.05) is 18.2 Å². The van der Waals surface area contributed by atoms with Crippen molar-refractivity contribution in [3.05, 3.63) is 57.4 Å². The molecule has 1 aromatic carbocycles. The number of anilines is 1. The Morgan fingerprint density at radius 1 is 1.16 bits per heavy atom. The van der Waals surface area contributed by atoms with Crippen molar-refractivity contribution in [2.75, 3.05) is 5.32 Å². The van der Waals surface area contributed by atoms with E-state index in [0.717, 1.165) is 9.77 Å². The minimum Gasteiger partial charge on any atom is -0.478 e. The molecule has 1 amide bonds. The molecule has 0 unspecified atom stereocenters. The zero-order chi connectivity index (χ0) is 13.8. The van der Waals surface area contributed by atoms with E-state index in [1.165, 1.54) is 12.1 Å². The molecule has 0 saturated carbocycles. The number of amides is 1. The van der Waals surface area contributed by atoms with Crippen LogP contribution in [0.3, 0.4) is 0 Å². The Bertz CT molecular complexity index is 626. The third-order valence-electron chi connectivity index (χ3n) is 2.37. The molecule has 6 heteroatoms. The number of carbonyl (C=O) groups excluding carboxylic acids is 1. The lowest BCUT2D eigenvalue weighted by Gasteiger charge is -2.06. The van der Waals surface area contributed by atoms with Crippen molar-refractivity contribution in [3.8, 4) is 0 Å². The van der Waals surface area contributed by atoms with E-state index in [9.17, 15) is 9.59 Å². The van der Waals surface area contributed by atoms with E-state index in [0.29, 0.717) is 5.69 Å². The summed E-state index contributed by atoms with van der Waals surface area (Å²) in [4.78, 5) is 26.4. The van der Waals surface area contributed by atoms with Gasteiger partial charge in [0, 0.05) is 9.77 Å². The number of pyridine rings is 1. The van der Waals surface area contributed by atoms with Crippen molar-refractivity contribution in [1.29, 1.82) is 0 Å². The number of aromatic carboxylic acids is 1. The molecule has 0 fully saturated rings. The zero-order valence-electron chi connectivity index (χ0n) is 9.63. The van der Waals surface area contributed by atoms with Crippen molar-refractivity contribution < 1.29 is 14.7 Å². The van der Waals surface area contributed by atoms with Crippen molar-refractivity contribution in [3.63, 3.8) is 0 Å². The Morgan fingerprint density at radius 2 is 1.89 bits per heavy atom. The van der Waals surface area contributed by atoms with E-state index < -0.39 is 5.97 Å². The summed E-state index contributed by atoms with van der Waals surface area (Å²) in [6.07, 6.45) is 1.16. The van der Waals surface area contributed by atoms with Crippen LogP contribution < -0.4 is 5.32 Å². The number of halogens is 1. The predicted octanol–water partition coefficient (Wildman–Crippen LogP) is 2.64. The standard InChI is InChI=1S/C13H9IN2O3/c14-9-3-1-2-4-10(9)16-12(17)11-6-5-8(7-15-11)13(18)19/h1-7H,(H,16,17)(H,18,19). The minimum atomic E-state index is -1.07. The molecule has 0 aliphatic heterocycles. The lowest BCUT2D eigenvalue weighted by Crippen LogP contribution is -2.14. The third kappa shape index (κ3) is 3.28. The molecule has 2 rings (SSSR count). The number of carbonyl (C=O) groups is 2. The van der Waals surface area contributed by atoms with Crippen LogP contribution in [0, 0.1) is 3.57 Å². The van der Waals surface area contributed by atoms with Gasteiger partial charge >= 0.3 is 5.97 Å². The molecule has 0 aliphatic carbocycles. The van der Waals surface area contributed by atoms with Crippen molar-refractivity contribution >= 4 is 40.2 Å². The predicted molar refractivity (Wildman–Crippen MR) is 78.3 cm³/mol. The second-order valence-corrected chi connectivity index (χ2v) is 4.83. The average Bonchev–Trinajstić information content (AvgIpc) is 2.41. The summed E-state index contributed by atoms with van der Waals surface area (Å²) in [5.41, 5.74) is 0.910. The number of nitrogens with one attached hydrogen (secondary N) is 1. The molecular weight excluding hydrogens is 359 g/mol. The molecular formula is C13H9IN2O3. The van der Waals surface area contributed by atoms with Gasteiger partial charge in [0.1, 0.15) is 5.69 Å². The smallest absolute Gasteiger partial charge is 0.337 e. The van der Waals surface area contributed by atoms with Gasteiger partial charge in [0.25, 0.3) is 5.91 Å². The summed E-state index contributed by atoms with van der Waals surface area (Å²) < 4.78 is 0.913. The lowest BCUT2D eigenvalue weighted by atomic mass is 10.2. The fourth-order valence-corrected chi connectivity index (χ4v) is 1.93. The van der Waals surface area contributed by atoms with Gasteiger partial charge < -0.3 is 10.4 Å². The fourth-order valence-electron chi connectivity index (χ4n) is 1.40. The van der Waals surface area contributed by atoms with Crippen LogP contribution in [0.25, 0.3) is 0 Å². The highest BCUT2D eigenvalue weighted by Gasteiger charge is 2.10. The first-order valence-electron chi connectivity index (χ1n) is 5.33. The Morgan fingerprint density at radius 3 is 2.47 bits per heavy atom. The molecule has 0 saturated heterocycles. The van der Waals surface area contributed by atoms with E-state index in [2.05, 4.69) is 32.9 Å². The summed E-state index contributed by atoms with van der Waals surface area (Å²) in [6, 6.07) is 10.1. The Hall–Kier alpha value is -1.96. The number of nitrogens with zero attached hydrogens (tertiary/aromatic N) is 1. The molecule has 0 spiro atoms. The van der Waals surface area contributed by atoms with E-state index in [1.54, 1.807) is 6.07 Å². The fraction of sp³-hybridized carbons (Fsp3) is 0. The molecule has 19 heavy (non-hydrogen) atoms.